The maximum Gasteiger partial charge on any atom is 0.305 e. The smallest absolute Gasteiger partial charge is 0.305 e. The zero-order valence-corrected chi connectivity index (χ0v) is 20.0. The van der Waals surface area contributed by atoms with Gasteiger partial charge in [-0.3, -0.25) is 4.79 Å². The fraction of sp³-hybridized carbons (Fsp3) is 0.607. The molecule has 2 bridgehead atoms. The molecule has 5 atom stereocenters. The van der Waals surface area contributed by atoms with E-state index in [1.165, 1.54) is 19.2 Å². The number of hydrogen-bond acceptors (Lipinski definition) is 4. The number of carbonyl (C=O) groups excluding carboxylic acids is 1. The number of aliphatic hydroxyl groups excluding tert-OH is 1. The van der Waals surface area contributed by atoms with Crippen LogP contribution in [0.25, 0.3) is 0 Å². The summed E-state index contributed by atoms with van der Waals surface area (Å²) in [6, 6.07) is 6.88. The SMILES string of the molecule is CCCCC[C@H](O)C=C[C@@H]1[C@@H](CC=CCCCC(=O)OC)[C@@]2(c3ccc(F)cc3)CO[C@@H]1C2. The second-order valence-electron chi connectivity index (χ2n) is 9.52. The number of unbranched alkanes of at least 4 members (excludes halogenated alkanes) is 3. The maximum absolute atomic E-state index is 13.6. The number of rotatable bonds is 13. The lowest BCUT2D eigenvalue weighted by molar-refractivity contribution is -0.140. The molecule has 0 unspecified atom stereocenters. The largest absolute Gasteiger partial charge is 0.469 e. The number of methoxy groups -OCH3 is 1. The molecule has 1 heterocycles. The fourth-order valence-electron chi connectivity index (χ4n) is 5.49. The topological polar surface area (TPSA) is 55.8 Å². The zero-order chi connectivity index (χ0) is 23.7. The van der Waals surface area contributed by atoms with Gasteiger partial charge in [0.05, 0.1) is 25.9 Å². The molecule has 33 heavy (non-hydrogen) atoms. The third-order valence-electron chi connectivity index (χ3n) is 7.34. The molecule has 0 radical (unpaired) electrons. The first-order chi connectivity index (χ1) is 16.0. The van der Waals surface area contributed by atoms with Gasteiger partial charge in [0, 0.05) is 17.8 Å². The van der Waals surface area contributed by atoms with E-state index in [0.29, 0.717) is 18.9 Å². The van der Waals surface area contributed by atoms with Crippen LogP contribution >= 0.6 is 0 Å². The second kappa shape index (κ2) is 12.5. The standard InChI is InChI=1S/C28H39FO4/c1-3-4-7-10-23(30)17-18-24-25(11-8-5-6-9-12-27(31)32-2)28(19-26(24)33-20-28)21-13-15-22(29)16-14-21/h5,8,13-18,23-26,30H,3-4,6-7,9-12,19-20H2,1-2H3/t23-,24+,25+,26+,28+/m0/s1. The molecule has 5 heteroatoms. The summed E-state index contributed by atoms with van der Waals surface area (Å²) in [5.74, 6) is 0.130. The summed E-state index contributed by atoms with van der Waals surface area (Å²) in [7, 11) is 1.42. The molecule has 1 aliphatic carbocycles. The predicted molar refractivity (Wildman–Crippen MR) is 128 cm³/mol. The molecular formula is C28H39FO4. The Labute approximate surface area is 197 Å². The van der Waals surface area contributed by atoms with Crippen molar-refractivity contribution < 1.29 is 23.8 Å². The minimum Gasteiger partial charge on any atom is -0.469 e. The molecule has 2 fully saturated rings. The molecule has 1 N–H and O–H groups in total. The number of fused-ring (bicyclic) bond motifs is 2. The highest BCUT2D eigenvalue weighted by Gasteiger charge is 2.58. The minimum absolute atomic E-state index is 0.117. The van der Waals surface area contributed by atoms with Crippen LogP contribution in [-0.4, -0.2) is 37.0 Å². The third kappa shape index (κ3) is 6.54. The van der Waals surface area contributed by atoms with Crippen LogP contribution in [0.1, 0.15) is 70.3 Å². The molecule has 1 aromatic carbocycles. The molecule has 1 saturated heterocycles. The third-order valence-corrected chi connectivity index (χ3v) is 7.34. The van der Waals surface area contributed by atoms with Crippen molar-refractivity contribution in [2.45, 2.75) is 82.3 Å². The van der Waals surface area contributed by atoms with Crippen molar-refractivity contribution in [3.8, 4) is 0 Å². The van der Waals surface area contributed by atoms with Crippen LogP contribution in [0.2, 0.25) is 0 Å². The van der Waals surface area contributed by atoms with E-state index in [1.54, 1.807) is 0 Å². The summed E-state index contributed by atoms with van der Waals surface area (Å²) in [5.41, 5.74) is 0.992. The van der Waals surface area contributed by atoms with Crippen molar-refractivity contribution >= 4 is 5.97 Å². The van der Waals surface area contributed by atoms with Gasteiger partial charge in [0.25, 0.3) is 0 Å². The number of hydrogen-bond donors (Lipinski definition) is 1. The van der Waals surface area contributed by atoms with E-state index < -0.39 is 6.10 Å². The van der Waals surface area contributed by atoms with Crippen LogP contribution in [-0.2, 0) is 19.7 Å². The van der Waals surface area contributed by atoms with Crippen molar-refractivity contribution in [3.63, 3.8) is 0 Å². The van der Waals surface area contributed by atoms with E-state index >= 15 is 0 Å². The van der Waals surface area contributed by atoms with Crippen LogP contribution in [0.5, 0.6) is 0 Å². The van der Waals surface area contributed by atoms with E-state index in [4.69, 9.17) is 9.47 Å². The van der Waals surface area contributed by atoms with Gasteiger partial charge in [0.1, 0.15) is 5.82 Å². The van der Waals surface area contributed by atoms with Crippen molar-refractivity contribution in [1.29, 1.82) is 0 Å². The molecule has 0 spiro atoms. The van der Waals surface area contributed by atoms with Gasteiger partial charge < -0.3 is 14.6 Å². The molecule has 1 aliphatic heterocycles. The zero-order valence-electron chi connectivity index (χ0n) is 20.0. The summed E-state index contributed by atoms with van der Waals surface area (Å²) < 4.78 is 24.5. The first-order valence-electron chi connectivity index (χ1n) is 12.5. The van der Waals surface area contributed by atoms with E-state index in [0.717, 1.165) is 56.9 Å². The van der Waals surface area contributed by atoms with Crippen molar-refractivity contribution in [1.82, 2.24) is 0 Å². The summed E-state index contributed by atoms with van der Waals surface area (Å²) in [6.45, 7) is 2.81. The second-order valence-corrected chi connectivity index (χ2v) is 9.52. The number of benzene rings is 1. The van der Waals surface area contributed by atoms with E-state index in [2.05, 4.69) is 25.2 Å². The van der Waals surface area contributed by atoms with Crippen LogP contribution in [0.4, 0.5) is 4.39 Å². The normalized spacial score (nSPS) is 27.6. The Balaban J connectivity index is 1.71. The van der Waals surface area contributed by atoms with E-state index in [1.807, 2.05) is 18.2 Å². The Morgan fingerprint density at radius 2 is 2.06 bits per heavy atom. The van der Waals surface area contributed by atoms with Crippen LogP contribution in [0.15, 0.2) is 48.6 Å². The number of ether oxygens (including phenoxy) is 2. The number of allylic oxidation sites excluding steroid dienone is 2. The van der Waals surface area contributed by atoms with Crippen LogP contribution in [0.3, 0.4) is 0 Å². The Morgan fingerprint density at radius 1 is 1.27 bits per heavy atom. The molecule has 3 rings (SSSR count). The highest BCUT2D eigenvalue weighted by atomic mass is 19.1. The van der Waals surface area contributed by atoms with Gasteiger partial charge in [0.15, 0.2) is 0 Å². The molecule has 182 valence electrons. The van der Waals surface area contributed by atoms with Gasteiger partial charge in [-0.1, -0.05) is 62.6 Å². The number of carbonyl (C=O) groups is 1. The first-order valence-corrected chi connectivity index (χ1v) is 12.5. The van der Waals surface area contributed by atoms with Gasteiger partial charge >= 0.3 is 5.97 Å². The average Bonchev–Trinajstić information content (AvgIpc) is 3.38. The maximum atomic E-state index is 13.6. The molecule has 4 nitrogen and oxygen atoms in total. The summed E-state index contributed by atoms with van der Waals surface area (Å²) in [6.07, 6.45) is 16.1. The number of aliphatic hydroxyl groups is 1. The van der Waals surface area contributed by atoms with Crippen molar-refractivity contribution in [3.05, 3.63) is 60.0 Å². The van der Waals surface area contributed by atoms with E-state index in [9.17, 15) is 14.3 Å². The minimum atomic E-state index is -0.424. The van der Waals surface area contributed by atoms with Gasteiger partial charge in [0.2, 0.25) is 0 Å². The fourth-order valence-corrected chi connectivity index (χ4v) is 5.49. The van der Waals surface area contributed by atoms with Crippen molar-refractivity contribution in [2.75, 3.05) is 13.7 Å². The predicted octanol–water partition coefficient (Wildman–Crippen LogP) is 5.89. The lowest BCUT2D eigenvalue weighted by Gasteiger charge is -2.38. The van der Waals surface area contributed by atoms with E-state index in [-0.39, 0.29) is 29.2 Å². The average molecular weight is 459 g/mol. The Hall–Kier alpha value is -1.98. The Bertz CT molecular complexity index is 803. The first kappa shape index (κ1) is 25.6. The molecule has 0 amide bonds. The van der Waals surface area contributed by atoms with Crippen molar-refractivity contribution in [2.24, 2.45) is 11.8 Å². The number of esters is 1. The molecule has 1 saturated carbocycles. The molecule has 0 aromatic heterocycles. The lowest BCUT2D eigenvalue weighted by Crippen LogP contribution is -2.39. The number of halogens is 1. The lowest BCUT2D eigenvalue weighted by atomic mass is 9.69. The van der Waals surface area contributed by atoms with Gasteiger partial charge in [-0.05, 0) is 55.7 Å². The Kier molecular flexibility index (Phi) is 9.69. The van der Waals surface area contributed by atoms with Crippen LogP contribution < -0.4 is 0 Å². The summed E-state index contributed by atoms with van der Waals surface area (Å²) in [5, 5.41) is 10.4. The van der Waals surface area contributed by atoms with Gasteiger partial charge in [-0.25, -0.2) is 4.39 Å². The van der Waals surface area contributed by atoms with Gasteiger partial charge in [-0.15, -0.1) is 0 Å². The highest BCUT2D eigenvalue weighted by Crippen LogP contribution is 2.57. The molecule has 2 aliphatic rings. The quantitative estimate of drug-likeness (QED) is 0.228. The highest BCUT2D eigenvalue weighted by molar-refractivity contribution is 5.69. The molecular weight excluding hydrogens is 419 g/mol. The van der Waals surface area contributed by atoms with Crippen LogP contribution in [0, 0.1) is 17.7 Å². The monoisotopic (exact) mass is 458 g/mol. The summed E-state index contributed by atoms with van der Waals surface area (Å²) in [4.78, 5) is 11.3. The summed E-state index contributed by atoms with van der Waals surface area (Å²) >= 11 is 0. The van der Waals surface area contributed by atoms with Gasteiger partial charge in [-0.2, -0.15) is 0 Å². The Morgan fingerprint density at radius 3 is 2.79 bits per heavy atom. The molecule has 1 aromatic rings.